The lowest BCUT2D eigenvalue weighted by atomic mass is 10.1. The average Bonchev–Trinajstić information content (AvgIpc) is 3.30. The molecule has 1 fully saturated rings. The predicted molar refractivity (Wildman–Crippen MR) is 116 cm³/mol. The molecule has 4 nitrogen and oxygen atoms in total. The van der Waals surface area contributed by atoms with E-state index in [4.69, 9.17) is 4.74 Å². The fraction of sp³-hybridized carbons (Fsp3) is 0.421. The first-order valence-electron chi connectivity index (χ1n) is 8.57. The smallest absolute Gasteiger partial charge is 0.191 e. The van der Waals surface area contributed by atoms with Crippen LogP contribution < -0.4 is 15.4 Å². The highest BCUT2D eigenvalue weighted by Gasteiger charge is 2.22. The summed E-state index contributed by atoms with van der Waals surface area (Å²) in [4.78, 5) is 5.46. The van der Waals surface area contributed by atoms with Gasteiger partial charge in [-0.1, -0.05) is 12.1 Å². The van der Waals surface area contributed by atoms with E-state index in [0.717, 1.165) is 5.56 Å². The summed E-state index contributed by atoms with van der Waals surface area (Å²) in [5.41, 5.74) is 0.857. The summed E-state index contributed by atoms with van der Waals surface area (Å²) in [5, 5.41) is 8.60. The van der Waals surface area contributed by atoms with Crippen molar-refractivity contribution < 1.29 is 9.13 Å². The number of hydrogen-bond acceptors (Lipinski definition) is 3. The lowest BCUT2D eigenvalue weighted by Gasteiger charge is -2.19. The number of halogens is 2. The van der Waals surface area contributed by atoms with Gasteiger partial charge in [0.1, 0.15) is 0 Å². The van der Waals surface area contributed by atoms with Crippen LogP contribution in [0.15, 0.2) is 40.7 Å². The molecule has 26 heavy (non-hydrogen) atoms. The van der Waals surface area contributed by atoms with E-state index in [-0.39, 0.29) is 35.8 Å². The SMILES string of the molecule is CN=C(NCc1cccs1)NC(C)c1ccc(OCC2CC2)c(F)c1.I. The normalized spacial score (nSPS) is 15.1. The molecule has 0 bridgehead atoms. The van der Waals surface area contributed by atoms with Gasteiger partial charge in [-0.25, -0.2) is 4.39 Å². The molecule has 1 unspecified atom stereocenters. The Morgan fingerprint density at radius 2 is 2.19 bits per heavy atom. The molecular formula is C19H25FIN3OS. The molecule has 1 saturated carbocycles. The molecule has 0 spiro atoms. The molecule has 3 rings (SSSR count). The molecule has 0 saturated heterocycles. The second-order valence-electron chi connectivity index (χ2n) is 6.32. The number of thiophene rings is 1. The highest BCUT2D eigenvalue weighted by Crippen LogP contribution is 2.30. The first-order valence-corrected chi connectivity index (χ1v) is 9.45. The number of hydrogen-bond donors (Lipinski definition) is 2. The van der Waals surface area contributed by atoms with Crippen molar-refractivity contribution >= 4 is 41.3 Å². The number of benzene rings is 1. The zero-order chi connectivity index (χ0) is 17.6. The van der Waals surface area contributed by atoms with Crippen LogP contribution in [0, 0.1) is 11.7 Å². The third kappa shape index (κ3) is 6.12. The van der Waals surface area contributed by atoms with Gasteiger partial charge in [-0.3, -0.25) is 4.99 Å². The topological polar surface area (TPSA) is 45.7 Å². The van der Waals surface area contributed by atoms with Gasteiger partial charge in [-0.2, -0.15) is 0 Å². The van der Waals surface area contributed by atoms with Gasteiger partial charge >= 0.3 is 0 Å². The van der Waals surface area contributed by atoms with Gasteiger partial charge in [0.05, 0.1) is 19.2 Å². The third-order valence-electron chi connectivity index (χ3n) is 4.21. The van der Waals surface area contributed by atoms with Crippen LogP contribution in [0.4, 0.5) is 4.39 Å². The number of aliphatic imine (C=N–C) groups is 1. The van der Waals surface area contributed by atoms with Crippen molar-refractivity contribution in [1.82, 2.24) is 10.6 Å². The number of guanidine groups is 1. The van der Waals surface area contributed by atoms with Crippen LogP contribution in [0.25, 0.3) is 0 Å². The van der Waals surface area contributed by atoms with E-state index < -0.39 is 0 Å². The van der Waals surface area contributed by atoms with Crippen molar-refractivity contribution in [2.24, 2.45) is 10.9 Å². The second kappa shape index (κ2) is 10.1. The molecule has 7 heteroatoms. The van der Waals surface area contributed by atoms with Gasteiger partial charge in [-0.15, -0.1) is 35.3 Å². The van der Waals surface area contributed by atoms with Crippen LogP contribution in [-0.4, -0.2) is 19.6 Å². The van der Waals surface area contributed by atoms with Crippen LogP contribution >= 0.6 is 35.3 Å². The van der Waals surface area contributed by atoms with E-state index in [1.165, 1.54) is 23.8 Å². The Morgan fingerprint density at radius 3 is 2.81 bits per heavy atom. The van der Waals surface area contributed by atoms with Crippen LogP contribution in [0.5, 0.6) is 5.75 Å². The summed E-state index contributed by atoms with van der Waals surface area (Å²) >= 11 is 1.70. The third-order valence-corrected chi connectivity index (χ3v) is 5.09. The van der Waals surface area contributed by atoms with Crippen molar-refractivity contribution in [3.05, 3.63) is 52.0 Å². The Morgan fingerprint density at radius 1 is 1.38 bits per heavy atom. The van der Waals surface area contributed by atoms with E-state index in [1.807, 2.05) is 24.4 Å². The lowest BCUT2D eigenvalue weighted by molar-refractivity contribution is 0.285. The van der Waals surface area contributed by atoms with Crippen molar-refractivity contribution in [3.8, 4) is 5.75 Å². The molecule has 1 aromatic heterocycles. The molecule has 1 atom stereocenters. The van der Waals surface area contributed by atoms with Gasteiger partial charge in [-0.05, 0) is 54.8 Å². The monoisotopic (exact) mass is 489 g/mol. The maximum atomic E-state index is 14.2. The van der Waals surface area contributed by atoms with E-state index in [2.05, 4.69) is 21.7 Å². The van der Waals surface area contributed by atoms with Crippen LogP contribution in [0.3, 0.4) is 0 Å². The van der Waals surface area contributed by atoms with Gasteiger partial charge in [0.15, 0.2) is 17.5 Å². The Bertz CT molecular complexity index is 720. The largest absolute Gasteiger partial charge is 0.490 e. The van der Waals surface area contributed by atoms with E-state index in [9.17, 15) is 4.39 Å². The summed E-state index contributed by atoms with van der Waals surface area (Å²) in [7, 11) is 1.73. The molecule has 1 heterocycles. The lowest BCUT2D eigenvalue weighted by Crippen LogP contribution is -2.38. The van der Waals surface area contributed by atoms with Gasteiger partial charge in [0.2, 0.25) is 0 Å². The zero-order valence-corrected chi connectivity index (χ0v) is 18.1. The number of rotatable bonds is 7. The summed E-state index contributed by atoms with van der Waals surface area (Å²) < 4.78 is 19.8. The maximum absolute atomic E-state index is 14.2. The molecule has 2 N–H and O–H groups in total. The molecule has 142 valence electrons. The molecule has 1 aliphatic rings. The highest BCUT2D eigenvalue weighted by atomic mass is 127. The second-order valence-corrected chi connectivity index (χ2v) is 7.35. The van der Waals surface area contributed by atoms with Crippen LogP contribution in [-0.2, 0) is 6.54 Å². The minimum atomic E-state index is -0.312. The standard InChI is InChI=1S/C19H24FN3OS.HI/c1-13(23-19(21-2)22-11-16-4-3-9-25-16)15-7-8-18(17(20)10-15)24-12-14-5-6-14;/h3-4,7-10,13-14H,5-6,11-12H2,1-2H3,(H2,21,22,23);1H. The van der Waals surface area contributed by atoms with Gasteiger partial charge < -0.3 is 15.4 Å². The Kier molecular flexibility index (Phi) is 8.15. The predicted octanol–water partition coefficient (Wildman–Crippen LogP) is 4.72. The van der Waals surface area contributed by atoms with Crippen molar-refractivity contribution in [2.45, 2.75) is 32.4 Å². The first-order chi connectivity index (χ1) is 12.2. The van der Waals surface area contributed by atoms with Crippen LogP contribution in [0.2, 0.25) is 0 Å². The van der Waals surface area contributed by atoms with Gasteiger partial charge in [0.25, 0.3) is 0 Å². The molecule has 0 radical (unpaired) electrons. The summed E-state index contributed by atoms with van der Waals surface area (Å²) in [5.74, 6) is 1.32. The molecule has 2 aromatic rings. The van der Waals surface area contributed by atoms with Crippen molar-refractivity contribution in [1.29, 1.82) is 0 Å². The molecule has 0 amide bonds. The van der Waals surface area contributed by atoms with Gasteiger partial charge in [0, 0.05) is 11.9 Å². The van der Waals surface area contributed by atoms with Crippen molar-refractivity contribution in [3.63, 3.8) is 0 Å². The fourth-order valence-corrected chi connectivity index (χ4v) is 3.11. The van der Waals surface area contributed by atoms with Crippen LogP contribution in [0.1, 0.15) is 36.2 Å². The summed E-state index contributed by atoms with van der Waals surface area (Å²) in [6.07, 6.45) is 2.39. The van der Waals surface area contributed by atoms with E-state index in [0.29, 0.717) is 30.8 Å². The number of nitrogens with one attached hydrogen (secondary N) is 2. The zero-order valence-electron chi connectivity index (χ0n) is 15.0. The van der Waals surface area contributed by atoms with Crippen molar-refractivity contribution in [2.75, 3.05) is 13.7 Å². The van der Waals surface area contributed by atoms with E-state index >= 15 is 0 Å². The summed E-state index contributed by atoms with van der Waals surface area (Å²) in [6, 6.07) is 9.18. The number of ether oxygens (including phenoxy) is 1. The quantitative estimate of drug-likeness (QED) is 0.336. The Hall–Kier alpha value is -1.35. The molecule has 1 aromatic carbocycles. The summed E-state index contributed by atoms with van der Waals surface area (Å²) in [6.45, 7) is 3.31. The Balaban J connectivity index is 0.00000243. The Labute approximate surface area is 175 Å². The highest BCUT2D eigenvalue weighted by molar-refractivity contribution is 14.0. The molecule has 0 aliphatic heterocycles. The minimum absolute atomic E-state index is 0. The fourth-order valence-electron chi connectivity index (χ4n) is 2.46. The van der Waals surface area contributed by atoms with E-state index in [1.54, 1.807) is 24.5 Å². The minimum Gasteiger partial charge on any atom is -0.490 e. The molecule has 1 aliphatic carbocycles. The first kappa shape index (κ1) is 21.0. The molecular weight excluding hydrogens is 464 g/mol. The number of nitrogens with zero attached hydrogens (tertiary/aromatic N) is 1. The average molecular weight is 489 g/mol. The maximum Gasteiger partial charge on any atom is 0.191 e.